The molecule has 1 amide bonds. The van der Waals surface area contributed by atoms with Crippen molar-refractivity contribution in [1.82, 2.24) is 25.5 Å². The van der Waals surface area contributed by atoms with Crippen LogP contribution >= 0.6 is 23.1 Å². The summed E-state index contributed by atoms with van der Waals surface area (Å²) in [7, 11) is 0. The third-order valence-corrected chi connectivity index (χ3v) is 4.41. The molecule has 1 unspecified atom stereocenters. The number of thioether (sulfide) groups is 1. The second-order valence-electron chi connectivity index (χ2n) is 3.83. The molecule has 2 aromatic heterocycles. The van der Waals surface area contributed by atoms with Crippen molar-refractivity contribution >= 4 is 29.0 Å². The number of aromatic nitrogens is 4. The molecule has 2 heterocycles. The highest BCUT2D eigenvalue weighted by Gasteiger charge is 2.17. The lowest BCUT2D eigenvalue weighted by Crippen LogP contribution is -2.30. The molecule has 0 aliphatic heterocycles. The lowest BCUT2D eigenvalue weighted by Gasteiger charge is -2.10. The molecular formula is C11H15N5OS2. The highest BCUT2D eigenvalue weighted by Crippen LogP contribution is 2.20. The Kier molecular flexibility index (Phi) is 4.92. The minimum Gasteiger partial charge on any atom is -0.350 e. The molecule has 0 bridgehead atoms. The second kappa shape index (κ2) is 6.67. The fourth-order valence-electron chi connectivity index (χ4n) is 1.42. The lowest BCUT2D eigenvalue weighted by molar-refractivity contribution is -0.120. The monoisotopic (exact) mass is 297 g/mol. The Morgan fingerprint density at radius 3 is 3.16 bits per heavy atom. The van der Waals surface area contributed by atoms with E-state index in [9.17, 15) is 4.79 Å². The van der Waals surface area contributed by atoms with Crippen molar-refractivity contribution in [3.63, 3.8) is 0 Å². The van der Waals surface area contributed by atoms with Crippen LogP contribution in [0, 0.1) is 0 Å². The van der Waals surface area contributed by atoms with E-state index in [2.05, 4.69) is 20.8 Å². The van der Waals surface area contributed by atoms with Gasteiger partial charge in [-0.2, -0.15) is 0 Å². The molecule has 0 spiro atoms. The number of rotatable bonds is 6. The molecule has 0 radical (unpaired) electrons. The van der Waals surface area contributed by atoms with Gasteiger partial charge in [-0.15, -0.1) is 16.4 Å². The molecule has 0 fully saturated rings. The number of amides is 1. The number of tetrazole rings is 1. The molecular weight excluding hydrogens is 282 g/mol. The van der Waals surface area contributed by atoms with E-state index in [-0.39, 0.29) is 11.2 Å². The number of nitrogens with one attached hydrogen (secondary N) is 1. The molecule has 0 saturated heterocycles. The van der Waals surface area contributed by atoms with Crippen LogP contribution in [0.25, 0.3) is 0 Å². The standard InChI is InChI=1S/C11H15N5OS2/c1-3-16-11(13-14-15-16)19-8(2)10(17)12-7-9-5-4-6-18-9/h4-6,8H,3,7H2,1-2H3,(H,12,17). The van der Waals surface area contributed by atoms with Crippen LogP contribution in [0.15, 0.2) is 22.7 Å². The first-order valence-corrected chi connectivity index (χ1v) is 7.69. The zero-order valence-corrected chi connectivity index (χ0v) is 12.4. The van der Waals surface area contributed by atoms with Crippen molar-refractivity contribution in [2.24, 2.45) is 0 Å². The number of aryl methyl sites for hydroxylation is 1. The van der Waals surface area contributed by atoms with E-state index in [4.69, 9.17) is 0 Å². The van der Waals surface area contributed by atoms with Crippen LogP contribution in [0.3, 0.4) is 0 Å². The van der Waals surface area contributed by atoms with Gasteiger partial charge in [-0.25, -0.2) is 4.68 Å². The molecule has 0 aliphatic carbocycles. The third kappa shape index (κ3) is 3.77. The molecule has 1 atom stereocenters. The van der Waals surface area contributed by atoms with Crippen molar-refractivity contribution in [1.29, 1.82) is 0 Å². The van der Waals surface area contributed by atoms with Crippen LogP contribution in [-0.4, -0.2) is 31.4 Å². The first-order chi connectivity index (χ1) is 9.20. The van der Waals surface area contributed by atoms with Crippen molar-refractivity contribution in [2.45, 2.75) is 37.3 Å². The van der Waals surface area contributed by atoms with Crippen LogP contribution in [0.2, 0.25) is 0 Å². The molecule has 6 nitrogen and oxygen atoms in total. The Morgan fingerprint density at radius 2 is 2.47 bits per heavy atom. The second-order valence-corrected chi connectivity index (χ2v) is 6.17. The zero-order valence-electron chi connectivity index (χ0n) is 10.7. The van der Waals surface area contributed by atoms with Gasteiger partial charge < -0.3 is 5.32 Å². The summed E-state index contributed by atoms with van der Waals surface area (Å²) in [6, 6.07) is 3.97. The predicted molar refractivity (Wildman–Crippen MR) is 75.0 cm³/mol. The number of carbonyl (C=O) groups excluding carboxylic acids is 1. The van der Waals surface area contributed by atoms with Crippen LogP contribution in [0.1, 0.15) is 18.7 Å². The van der Waals surface area contributed by atoms with Gasteiger partial charge >= 0.3 is 0 Å². The molecule has 8 heteroatoms. The summed E-state index contributed by atoms with van der Waals surface area (Å²) in [6.07, 6.45) is 0. The predicted octanol–water partition coefficient (Wildman–Crippen LogP) is 1.55. The maximum absolute atomic E-state index is 12.0. The van der Waals surface area contributed by atoms with E-state index >= 15 is 0 Å². The number of thiophene rings is 1. The Bertz CT molecular complexity index is 525. The number of hydrogen-bond donors (Lipinski definition) is 1. The first kappa shape index (κ1) is 14.0. The largest absolute Gasteiger partial charge is 0.350 e. The van der Waals surface area contributed by atoms with Crippen LogP contribution in [-0.2, 0) is 17.9 Å². The van der Waals surface area contributed by atoms with Crippen LogP contribution < -0.4 is 5.32 Å². The van der Waals surface area contributed by atoms with E-state index < -0.39 is 0 Å². The van der Waals surface area contributed by atoms with E-state index in [1.54, 1.807) is 16.0 Å². The minimum absolute atomic E-state index is 0.0101. The van der Waals surface area contributed by atoms with Gasteiger partial charge in [0.15, 0.2) is 0 Å². The van der Waals surface area contributed by atoms with Gasteiger partial charge in [0, 0.05) is 11.4 Å². The summed E-state index contributed by atoms with van der Waals surface area (Å²) in [6.45, 7) is 5.07. The molecule has 0 aromatic carbocycles. The van der Waals surface area contributed by atoms with E-state index in [0.29, 0.717) is 18.2 Å². The van der Waals surface area contributed by atoms with Crippen molar-refractivity contribution in [3.05, 3.63) is 22.4 Å². The molecule has 2 aromatic rings. The van der Waals surface area contributed by atoms with E-state index in [1.165, 1.54) is 11.8 Å². The fraction of sp³-hybridized carbons (Fsp3) is 0.455. The summed E-state index contributed by atoms with van der Waals surface area (Å²) in [4.78, 5) is 13.1. The normalized spacial score (nSPS) is 12.3. The van der Waals surface area contributed by atoms with Gasteiger partial charge in [-0.1, -0.05) is 17.8 Å². The van der Waals surface area contributed by atoms with Crippen molar-refractivity contribution in [2.75, 3.05) is 0 Å². The maximum Gasteiger partial charge on any atom is 0.233 e. The average Bonchev–Trinajstić information content (AvgIpc) is 3.06. The van der Waals surface area contributed by atoms with Gasteiger partial charge in [0.1, 0.15) is 0 Å². The summed E-state index contributed by atoms with van der Waals surface area (Å²) < 4.78 is 1.67. The Labute approximate surface area is 119 Å². The summed E-state index contributed by atoms with van der Waals surface area (Å²) >= 11 is 3.00. The molecule has 19 heavy (non-hydrogen) atoms. The summed E-state index contributed by atoms with van der Waals surface area (Å²) in [5, 5.41) is 16.7. The van der Waals surface area contributed by atoms with Gasteiger partial charge in [0.2, 0.25) is 11.1 Å². The quantitative estimate of drug-likeness (QED) is 0.819. The molecule has 1 N–H and O–H groups in total. The summed E-state index contributed by atoms with van der Waals surface area (Å²) in [5.74, 6) is -0.0101. The van der Waals surface area contributed by atoms with Gasteiger partial charge in [0.05, 0.1) is 11.8 Å². The highest BCUT2D eigenvalue weighted by atomic mass is 32.2. The van der Waals surface area contributed by atoms with E-state index in [1.807, 2.05) is 31.4 Å². The number of nitrogens with zero attached hydrogens (tertiary/aromatic N) is 4. The molecule has 0 saturated carbocycles. The molecule has 102 valence electrons. The molecule has 0 aliphatic rings. The maximum atomic E-state index is 12.0. The highest BCUT2D eigenvalue weighted by molar-refractivity contribution is 8.00. The summed E-state index contributed by atoms with van der Waals surface area (Å²) in [5.41, 5.74) is 0. The van der Waals surface area contributed by atoms with Gasteiger partial charge in [-0.05, 0) is 35.7 Å². The fourth-order valence-corrected chi connectivity index (χ4v) is 2.94. The molecule has 2 rings (SSSR count). The number of hydrogen-bond acceptors (Lipinski definition) is 6. The SMILES string of the molecule is CCn1nnnc1SC(C)C(=O)NCc1cccs1. The zero-order chi connectivity index (χ0) is 13.7. The Balaban J connectivity index is 1.85. The Hall–Kier alpha value is -1.41. The van der Waals surface area contributed by atoms with Crippen molar-refractivity contribution < 1.29 is 4.79 Å². The minimum atomic E-state index is -0.226. The Morgan fingerprint density at radius 1 is 1.63 bits per heavy atom. The van der Waals surface area contributed by atoms with Crippen molar-refractivity contribution in [3.8, 4) is 0 Å². The first-order valence-electron chi connectivity index (χ1n) is 5.93. The number of carbonyl (C=O) groups is 1. The van der Waals surface area contributed by atoms with Gasteiger partial charge in [-0.3, -0.25) is 4.79 Å². The third-order valence-electron chi connectivity index (χ3n) is 2.47. The smallest absolute Gasteiger partial charge is 0.233 e. The topological polar surface area (TPSA) is 72.7 Å². The van der Waals surface area contributed by atoms with Crippen LogP contribution in [0.4, 0.5) is 0 Å². The van der Waals surface area contributed by atoms with Gasteiger partial charge in [0.25, 0.3) is 0 Å². The average molecular weight is 297 g/mol. The lowest BCUT2D eigenvalue weighted by atomic mass is 10.4. The van der Waals surface area contributed by atoms with Crippen LogP contribution in [0.5, 0.6) is 0 Å². The van der Waals surface area contributed by atoms with E-state index in [0.717, 1.165) is 4.88 Å².